The minimum absolute atomic E-state index is 0.191. The number of aryl methyl sites for hydroxylation is 1. The summed E-state index contributed by atoms with van der Waals surface area (Å²) in [5, 5.41) is 11.6. The van der Waals surface area contributed by atoms with Gasteiger partial charge < -0.3 is 20.3 Å². The van der Waals surface area contributed by atoms with Crippen molar-refractivity contribution in [2.45, 2.75) is 27.3 Å². The highest BCUT2D eigenvalue weighted by atomic mass is 32.1. The molecule has 0 saturated carbocycles. The standard InChI is InChI=1S/C23H27N5O3S2/c1-13-17(22(30)31-6)20(33-19(13)21(29)27(4)5)25-23(32)24-18-14(2)26-28(15(18)3)12-16-10-8-7-9-11-16/h7-11H,12H2,1-6H3,(H2,24,25,32). The molecule has 3 aromatic rings. The summed E-state index contributed by atoms with van der Waals surface area (Å²) in [6, 6.07) is 10.1. The molecule has 0 unspecified atom stereocenters. The maximum atomic E-state index is 12.6. The number of ether oxygens (including phenoxy) is 1. The number of hydrogen-bond acceptors (Lipinski definition) is 6. The van der Waals surface area contributed by atoms with Crippen LogP contribution in [0.1, 0.15) is 42.5 Å². The maximum Gasteiger partial charge on any atom is 0.341 e. The van der Waals surface area contributed by atoms with E-state index in [9.17, 15) is 9.59 Å². The van der Waals surface area contributed by atoms with Gasteiger partial charge in [-0.15, -0.1) is 11.3 Å². The molecule has 3 rings (SSSR count). The molecule has 0 spiro atoms. The van der Waals surface area contributed by atoms with Crippen molar-refractivity contribution < 1.29 is 14.3 Å². The zero-order valence-corrected chi connectivity index (χ0v) is 21.1. The number of anilines is 2. The minimum atomic E-state index is -0.533. The second-order valence-electron chi connectivity index (χ2n) is 7.72. The largest absolute Gasteiger partial charge is 0.465 e. The monoisotopic (exact) mass is 485 g/mol. The summed E-state index contributed by atoms with van der Waals surface area (Å²) in [7, 11) is 4.63. The number of nitrogens with one attached hydrogen (secondary N) is 2. The highest BCUT2D eigenvalue weighted by molar-refractivity contribution is 7.80. The van der Waals surface area contributed by atoms with E-state index in [-0.39, 0.29) is 11.0 Å². The Hall–Kier alpha value is -3.24. The summed E-state index contributed by atoms with van der Waals surface area (Å²) >= 11 is 6.70. The second kappa shape index (κ2) is 10.1. The summed E-state index contributed by atoms with van der Waals surface area (Å²) in [6.45, 7) is 6.24. The van der Waals surface area contributed by atoms with Gasteiger partial charge in [-0.25, -0.2) is 4.79 Å². The maximum absolute atomic E-state index is 12.6. The van der Waals surface area contributed by atoms with Gasteiger partial charge in [0.2, 0.25) is 0 Å². The Kier molecular flexibility index (Phi) is 7.50. The number of carbonyl (C=O) groups excluding carboxylic acids is 2. The molecule has 0 atom stereocenters. The molecule has 0 fully saturated rings. The molecular formula is C23H27N5O3S2. The second-order valence-corrected chi connectivity index (χ2v) is 9.15. The van der Waals surface area contributed by atoms with Gasteiger partial charge >= 0.3 is 5.97 Å². The first-order chi connectivity index (χ1) is 15.6. The van der Waals surface area contributed by atoms with Crippen molar-refractivity contribution in [2.24, 2.45) is 0 Å². The smallest absolute Gasteiger partial charge is 0.341 e. The molecule has 174 valence electrons. The lowest BCUT2D eigenvalue weighted by molar-refractivity contribution is 0.0601. The van der Waals surface area contributed by atoms with Crippen LogP contribution in [-0.4, -0.2) is 52.9 Å². The molecule has 0 saturated heterocycles. The van der Waals surface area contributed by atoms with E-state index < -0.39 is 5.97 Å². The summed E-state index contributed by atoms with van der Waals surface area (Å²) < 4.78 is 6.85. The first kappa shape index (κ1) is 24.4. The topological polar surface area (TPSA) is 88.5 Å². The first-order valence-electron chi connectivity index (χ1n) is 10.2. The highest BCUT2D eigenvalue weighted by Crippen LogP contribution is 2.34. The number of benzene rings is 1. The summed E-state index contributed by atoms with van der Waals surface area (Å²) in [5.41, 5.74) is 4.52. The number of esters is 1. The molecule has 1 aromatic carbocycles. The van der Waals surface area contributed by atoms with Crippen molar-refractivity contribution in [1.82, 2.24) is 14.7 Å². The number of aromatic nitrogens is 2. The number of nitrogens with zero attached hydrogens (tertiary/aromatic N) is 3. The van der Waals surface area contributed by atoms with Crippen molar-refractivity contribution >= 4 is 51.2 Å². The lowest BCUT2D eigenvalue weighted by Crippen LogP contribution is -2.21. The van der Waals surface area contributed by atoms with E-state index in [1.807, 2.05) is 36.7 Å². The minimum Gasteiger partial charge on any atom is -0.465 e. The molecule has 2 aromatic heterocycles. The molecule has 2 N–H and O–H groups in total. The van der Waals surface area contributed by atoms with Crippen LogP contribution in [0.4, 0.5) is 10.7 Å². The van der Waals surface area contributed by atoms with Crippen molar-refractivity contribution in [3.63, 3.8) is 0 Å². The van der Waals surface area contributed by atoms with Gasteiger partial charge in [0.15, 0.2) is 5.11 Å². The van der Waals surface area contributed by atoms with Gasteiger partial charge in [0.05, 0.1) is 41.2 Å². The van der Waals surface area contributed by atoms with E-state index in [2.05, 4.69) is 27.9 Å². The summed E-state index contributed by atoms with van der Waals surface area (Å²) in [5.74, 6) is -0.724. The third-order valence-electron chi connectivity index (χ3n) is 5.16. The summed E-state index contributed by atoms with van der Waals surface area (Å²) in [6.07, 6.45) is 0. The zero-order valence-electron chi connectivity index (χ0n) is 19.5. The van der Waals surface area contributed by atoms with Crippen LogP contribution in [0.15, 0.2) is 30.3 Å². The predicted octanol–water partition coefficient (Wildman–Crippen LogP) is 4.22. The molecule has 0 aliphatic carbocycles. The quantitative estimate of drug-likeness (QED) is 0.399. The fourth-order valence-electron chi connectivity index (χ4n) is 3.39. The molecule has 0 bridgehead atoms. The van der Waals surface area contributed by atoms with Crippen LogP contribution in [0.3, 0.4) is 0 Å². The molecule has 33 heavy (non-hydrogen) atoms. The van der Waals surface area contributed by atoms with E-state index in [1.165, 1.54) is 23.3 Å². The Morgan fingerprint density at radius 3 is 2.42 bits per heavy atom. The van der Waals surface area contributed by atoms with Crippen LogP contribution in [0, 0.1) is 20.8 Å². The van der Waals surface area contributed by atoms with E-state index in [1.54, 1.807) is 21.0 Å². The highest BCUT2D eigenvalue weighted by Gasteiger charge is 2.27. The fraction of sp³-hybridized carbons (Fsp3) is 0.304. The van der Waals surface area contributed by atoms with E-state index >= 15 is 0 Å². The molecule has 1 amide bonds. The van der Waals surface area contributed by atoms with E-state index in [0.29, 0.717) is 27.5 Å². The number of thiophene rings is 1. The molecule has 10 heteroatoms. The number of amides is 1. The third kappa shape index (κ3) is 5.23. The molecule has 8 nitrogen and oxygen atoms in total. The van der Waals surface area contributed by atoms with Gasteiger partial charge in [0.25, 0.3) is 5.91 Å². The number of methoxy groups -OCH3 is 1. The first-order valence-corrected chi connectivity index (χ1v) is 11.5. The molecule has 2 heterocycles. The van der Waals surface area contributed by atoms with Gasteiger partial charge in [0, 0.05) is 14.1 Å². The Bertz CT molecular complexity index is 1200. The van der Waals surface area contributed by atoms with E-state index in [0.717, 1.165) is 22.6 Å². The Morgan fingerprint density at radius 2 is 1.82 bits per heavy atom. The Morgan fingerprint density at radius 1 is 1.15 bits per heavy atom. The van der Waals surface area contributed by atoms with Gasteiger partial charge in [-0.3, -0.25) is 9.48 Å². The average molecular weight is 486 g/mol. The predicted molar refractivity (Wildman–Crippen MR) is 136 cm³/mol. The molecular weight excluding hydrogens is 458 g/mol. The number of thiocarbonyl (C=S) groups is 1. The molecule has 0 aliphatic rings. The third-order valence-corrected chi connectivity index (χ3v) is 6.56. The normalized spacial score (nSPS) is 10.6. The fourth-order valence-corrected chi connectivity index (χ4v) is 4.88. The van der Waals surface area contributed by atoms with Crippen LogP contribution >= 0.6 is 23.6 Å². The van der Waals surface area contributed by atoms with Crippen LogP contribution < -0.4 is 10.6 Å². The van der Waals surface area contributed by atoms with Crippen LogP contribution in [-0.2, 0) is 11.3 Å². The van der Waals surface area contributed by atoms with Gasteiger partial charge in [-0.1, -0.05) is 30.3 Å². The number of rotatable bonds is 6. The molecule has 0 radical (unpaired) electrons. The summed E-state index contributed by atoms with van der Waals surface area (Å²) in [4.78, 5) is 26.9. The van der Waals surface area contributed by atoms with Gasteiger partial charge in [-0.2, -0.15) is 5.10 Å². The molecule has 0 aliphatic heterocycles. The Labute approximate surface area is 202 Å². The lowest BCUT2D eigenvalue weighted by Gasteiger charge is -2.11. The number of carbonyl (C=O) groups is 2. The SMILES string of the molecule is COC(=O)c1c(NC(=S)Nc2c(C)nn(Cc3ccccc3)c2C)sc(C(=O)N(C)C)c1C. The van der Waals surface area contributed by atoms with Gasteiger partial charge in [-0.05, 0) is 44.1 Å². The van der Waals surface area contributed by atoms with Crippen LogP contribution in [0.2, 0.25) is 0 Å². The zero-order chi connectivity index (χ0) is 24.3. The van der Waals surface area contributed by atoms with Crippen LogP contribution in [0.5, 0.6) is 0 Å². The van der Waals surface area contributed by atoms with Crippen LogP contribution in [0.25, 0.3) is 0 Å². The van der Waals surface area contributed by atoms with Crippen molar-refractivity contribution in [1.29, 1.82) is 0 Å². The number of hydrogen-bond donors (Lipinski definition) is 2. The van der Waals surface area contributed by atoms with Crippen molar-refractivity contribution in [3.05, 3.63) is 63.3 Å². The van der Waals surface area contributed by atoms with Crippen molar-refractivity contribution in [2.75, 3.05) is 31.8 Å². The Balaban J connectivity index is 1.84. The van der Waals surface area contributed by atoms with E-state index in [4.69, 9.17) is 17.0 Å². The van der Waals surface area contributed by atoms with Crippen molar-refractivity contribution in [3.8, 4) is 0 Å². The van der Waals surface area contributed by atoms with Gasteiger partial charge in [0.1, 0.15) is 5.00 Å². The lowest BCUT2D eigenvalue weighted by atomic mass is 10.1. The average Bonchev–Trinajstić information content (AvgIpc) is 3.23.